The largest absolute Gasteiger partial charge is 0.494 e. The Balaban J connectivity index is 1.16. The van der Waals surface area contributed by atoms with Crippen molar-refractivity contribution in [1.82, 2.24) is 0 Å². The van der Waals surface area contributed by atoms with Crippen LogP contribution in [-0.4, -0.2) is 19.0 Å². The van der Waals surface area contributed by atoms with Gasteiger partial charge in [0.25, 0.3) is 0 Å². The van der Waals surface area contributed by atoms with Gasteiger partial charge in [-0.1, -0.05) is 111 Å². The molecule has 3 aromatic carbocycles. The highest BCUT2D eigenvalue weighted by Gasteiger charge is 2.01. The molecule has 0 heterocycles. The van der Waals surface area contributed by atoms with Crippen LogP contribution in [0.3, 0.4) is 0 Å². The summed E-state index contributed by atoms with van der Waals surface area (Å²) in [6, 6.07) is 25.4. The molecule has 3 rings (SSSR count). The van der Waals surface area contributed by atoms with Crippen LogP contribution in [0.5, 0.6) is 11.5 Å². The second kappa shape index (κ2) is 16.2. The summed E-state index contributed by atoms with van der Waals surface area (Å²) in [5, 5.41) is 0. The normalized spacial score (nSPS) is 10.9. The zero-order valence-corrected chi connectivity index (χ0v) is 22.2. The van der Waals surface area contributed by atoms with Gasteiger partial charge in [0.2, 0.25) is 0 Å². The van der Waals surface area contributed by atoms with E-state index < -0.39 is 0 Å². The molecule has 0 atom stereocenters. The maximum atomic E-state index is 12.2. The molecule has 0 aliphatic heterocycles. The van der Waals surface area contributed by atoms with E-state index >= 15 is 0 Å². The number of carbonyl (C=O) groups excluding carboxylic acids is 1. The summed E-state index contributed by atoms with van der Waals surface area (Å²) in [6.45, 7) is 7.50. The van der Waals surface area contributed by atoms with Crippen molar-refractivity contribution in [2.45, 2.75) is 58.3 Å². The second-order valence-electron chi connectivity index (χ2n) is 9.46. The predicted octanol–water partition coefficient (Wildman–Crippen LogP) is 9.19. The summed E-state index contributed by atoms with van der Waals surface area (Å²) < 4.78 is 11.7. The third-order valence-corrected chi connectivity index (χ3v) is 6.29. The molecule has 0 aromatic heterocycles. The number of unbranched alkanes of at least 4 members (excludes halogenated alkanes) is 7. The van der Waals surface area contributed by atoms with Crippen LogP contribution in [0.1, 0.15) is 79.8 Å². The van der Waals surface area contributed by atoms with Crippen LogP contribution in [0.15, 0.2) is 91.5 Å². The SMILES string of the molecule is C=C(C)c1ccc(OCCCCCCCCCCOc2ccc(C=CC(=O)c3ccccc3)cc2)cc1. The molecule has 0 aliphatic carbocycles. The smallest absolute Gasteiger partial charge is 0.185 e. The van der Waals surface area contributed by atoms with E-state index in [1.54, 1.807) is 6.08 Å². The molecule has 0 unspecified atom stereocenters. The molecule has 3 aromatic rings. The second-order valence-corrected chi connectivity index (χ2v) is 9.46. The predicted molar refractivity (Wildman–Crippen MR) is 155 cm³/mol. The molecule has 0 bridgehead atoms. The Morgan fingerprint density at radius 2 is 1.14 bits per heavy atom. The molecule has 3 heteroatoms. The van der Waals surface area contributed by atoms with Gasteiger partial charge in [-0.05, 0) is 61.2 Å². The Kier molecular flexibility index (Phi) is 12.3. The number of ether oxygens (including phenoxy) is 2. The maximum absolute atomic E-state index is 12.2. The van der Waals surface area contributed by atoms with E-state index in [1.807, 2.05) is 79.7 Å². The van der Waals surface area contributed by atoms with Gasteiger partial charge in [0.05, 0.1) is 13.2 Å². The molecule has 0 saturated carbocycles. The first-order valence-electron chi connectivity index (χ1n) is 13.5. The van der Waals surface area contributed by atoms with Gasteiger partial charge in [-0.15, -0.1) is 0 Å². The lowest BCUT2D eigenvalue weighted by Gasteiger charge is -2.08. The van der Waals surface area contributed by atoms with Gasteiger partial charge in [0, 0.05) is 5.56 Å². The zero-order chi connectivity index (χ0) is 26.1. The van der Waals surface area contributed by atoms with Gasteiger partial charge in [0.15, 0.2) is 5.78 Å². The summed E-state index contributed by atoms with van der Waals surface area (Å²) in [5.41, 5.74) is 3.93. The lowest BCUT2D eigenvalue weighted by atomic mass is 10.1. The molecule has 0 amide bonds. The van der Waals surface area contributed by atoms with Crippen LogP contribution >= 0.6 is 0 Å². The highest BCUT2D eigenvalue weighted by atomic mass is 16.5. The summed E-state index contributed by atoms with van der Waals surface area (Å²) in [4.78, 5) is 12.2. The van der Waals surface area contributed by atoms with Gasteiger partial charge in [-0.2, -0.15) is 0 Å². The molecule has 194 valence electrons. The average molecular weight is 497 g/mol. The molecule has 0 radical (unpaired) electrons. The van der Waals surface area contributed by atoms with Crippen molar-refractivity contribution in [3.05, 3.63) is 108 Å². The highest BCUT2D eigenvalue weighted by molar-refractivity contribution is 6.06. The van der Waals surface area contributed by atoms with E-state index in [4.69, 9.17) is 9.47 Å². The van der Waals surface area contributed by atoms with Gasteiger partial charge >= 0.3 is 0 Å². The lowest BCUT2D eigenvalue weighted by Crippen LogP contribution is -1.98. The van der Waals surface area contributed by atoms with Crippen molar-refractivity contribution >= 4 is 17.4 Å². The highest BCUT2D eigenvalue weighted by Crippen LogP contribution is 2.18. The summed E-state index contributed by atoms with van der Waals surface area (Å²) in [5.74, 6) is 1.83. The van der Waals surface area contributed by atoms with Crippen LogP contribution in [0.4, 0.5) is 0 Å². The third-order valence-electron chi connectivity index (χ3n) is 6.29. The van der Waals surface area contributed by atoms with E-state index in [9.17, 15) is 4.79 Å². The number of hydrogen-bond donors (Lipinski definition) is 0. The maximum Gasteiger partial charge on any atom is 0.185 e. The molecular weight excluding hydrogens is 456 g/mol. The van der Waals surface area contributed by atoms with Gasteiger partial charge < -0.3 is 9.47 Å². The van der Waals surface area contributed by atoms with E-state index in [1.165, 1.54) is 38.5 Å². The number of benzene rings is 3. The van der Waals surface area contributed by atoms with Gasteiger partial charge in [-0.3, -0.25) is 4.79 Å². The fourth-order valence-electron chi connectivity index (χ4n) is 4.03. The number of hydrogen-bond acceptors (Lipinski definition) is 3. The van der Waals surface area contributed by atoms with E-state index in [0.717, 1.165) is 54.3 Å². The topological polar surface area (TPSA) is 35.5 Å². The molecule has 37 heavy (non-hydrogen) atoms. The molecule has 0 fully saturated rings. The van der Waals surface area contributed by atoms with E-state index in [-0.39, 0.29) is 5.78 Å². The number of rotatable bonds is 17. The minimum atomic E-state index is 0.0100. The minimum absolute atomic E-state index is 0.0100. The van der Waals surface area contributed by atoms with E-state index in [2.05, 4.69) is 18.7 Å². The number of ketones is 1. The third kappa shape index (κ3) is 10.9. The lowest BCUT2D eigenvalue weighted by molar-refractivity contribution is 0.104. The summed E-state index contributed by atoms with van der Waals surface area (Å²) in [7, 11) is 0. The summed E-state index contributed by atoms with van der Waals surface area (Å²) in [6.07, 6.45) is 13.2. The summed E-state index contributed by atoms with van der Waals surface area (Å²) >= 11 is 0. The quantitative estimate of drug-likeness (QED) is 0.106. The molecule has 0 aliphatic rings. The molecule has 0 N–H and O–H groups in total. The molecule has 3 nitrogen and oxygen atoms in total. The zero-order valence-electron chi connectivity index (χ0n) is 22.2. The van der Waals surface area contributed by atoms with Crippen molar-refractivity contribution in [3.63, 3.8) is 0 Å². The minimum Gasteiger partial charge on any atom is -0.494 e. The first-order chi connectivity index (χ1) is 18.1. The monoisotopic (exact) mass is 496 g/mol. The average Bonchev–Trinajstić information content (AvgIpc) is 2.93. The van der Waals surface area contributed by atoms with Crippen LogP contribution in [0.25, 0.3) is 11.6 Å². The van der Waals surface area contributed by atoms with Crippen LogP contribution in [0, 0.1) is 0 Å². The Labute approximate surface area is 222 Å². The molecular formula is C34H40O3. The van der Waals surface area contributed by atoms with Crippen molar-refractivity contribution < 1.29 is 14.3 Å². The van der Waals surface area contributed by atoms with Crippen molar-refractivity contribution in [3.8, 4) is 11.5 Å². The van der Waals surface area contributed by atoms with Crippen molar-refractivity contribution in [2.75, 3.05) is 13.2 Å². The Morgan fingerprint density at radius 1 is 0.649 bits per heavy atom. The van der Waals surface area contributed by atoms with E-state index in [0.29, 0.717) is 5.56 Å². The standard InChI is InChI=1S/C34H40O3/c1-28(2)30-19-23-33(24-20-30)37-27-13-8-6-4-3-5-7-12-26-36-32-21-16-29(17-22-32)18-25-34(35)31-14-10-9-11-15-31/h9-11,14-25H,1,3-8,12-13,26-27H2,2H3. The molecule has 0 saturated heterocycles. The van der Waals surface area contributed by atoms with Gasteiger partial charge in [-0.25, -0.2) is 0 Å². The Morgan fingerprint density at radius 3 is 1.65 bits per heavy atom. The first-order valence-corrected chi connectivity index (χ1v) is 13.5. The van der Waals surface area contributed by atoms with Crippen LogP contribution in [0.2, 0.25) is 0 Å². The van der Waals surface area contributed by atoms with Crippen molar-refractivity contribution in [1.29, 1.82) is 0 Å². The van der Waals surface area contributed by atoms with Crippen LogP contribution in [-0.2, 0) is 0 Å². The molecule has 0 spiro atoms. The van der Waals surface area contributed by atoms with Crippen LogP contribution < -0.4 is 9.47 Å². The van der Waals surface area contributed by atoms with Gasteiger partial charge in [0.1, 0.15) is 11.5 Å². The fraction of sp³-hybridized carbons (Fsp3) is 0.324. The van der Waals surface area contributed by atoms with Crippen molar-refractivity contribution in [2.24, 2.45) is 0 Å². The number of allylic oxidation sites excluding steroid dienone is 2. The Bertz CT molecular complexity index is 1100. The Hall–Kier alpha value is -3.59. The first kappa shape index (κ1) is 28.0. The fourth-order valence-corrected chi connectivity index (χ4v) is 4.03. The number of carbonyl (C=O) groups is 1.